The van der Waals surface area contributed by atoms with Crippen molar-refractivity contribution in [2.75, 3.05) is 11.9 Å². The predicted octanol–water partition coefficient (Wildman–Crippen LogP) is 2.35. The van der Waals surface area contributed by atoms with Crippen molar-refractivity contribution >= 4 is 11.9 Å². The molecule has 0 aliphatic heterocycles. The smallest absolute Gasteiger partial charge is 0.415 e. The molecule has 0 fully saturated rings. The minimum Gasteiger partial charge on any atom is -0.443 e. The number of ether oxygens (including phenoxy) is 1. The van der Waals surface area contributed by atoms with Gasteiger partial charge in [-0.15, -0.1) is 0 Å². The molecular weight excluding hydrogens is 196 g/mol. The molecule has 0 saturated heterocycles. The molecule has 1 aromatic heterocycles. The van der Waals surface area contributed by atoms with E-state index in [9.17, 15) is 4.79 Å². The molecule has 0 saturated carbocycles. The number of amides is 1. The standard InChI is InChI=1S/C10H16N2O3/c1-7-6-8(11-15-7)12(5)9(13)14-10(2,3)4/h6H,1-5H3. The molecule has 5 heteroatoms. The third-order valence-electron chi connectivity index (χ3n) is 1.63. The van der Waals surface area contributed by atoms with E-state index >= 15 is 0 Å². The summed E-state index contributed by atoms with van der Waals surface area (Å²) >= 11 is 0. The maximum absolute atomic E-state index is 11.6. The van der Waals surface area contributed by atoms with Crippen molar-refractivity contribution in [3.63, 3.8) is 0 Å². The van der Waals surface area contributed by atoms with Crippen LogP contribution in [0.2, 0.25) is 0 Å². The predicted molar refractivity (Wildman–Crippen MR) is 55.9 cm³/mol. The van der Waals surface area contributed by atoms with Crippen LogP contribution in [0.5, 0.6) is 0 Å². The van der Waals surface area contributed by atoms with Crippen molar-refractivity contribution in [3.05, 3.63) is 11.8 Å². The van der Waals surface area contributed by atoms with Crippen molar-refractivity contribution in [1.29, 1.82) is 0 Å². The zero-order chi connectivity index (χ0) is 11.6. The van der Waals surface area contributed by atoms with Crippen molar-refractivity contribution in [1.82, 2.24) is 5.16 Å². The van der Waals surface area contributed by atoms with Gasteiger partial charge >= 0.3 is 6.09 Å². The second kappa shape index (κ2) is 3.92. The molecule has 1 amide bonds. The average Bonchev–Trinajstić information content (AvgIpc) is 2.47. The Bertz CT molecular complexity index is 352. The lowest BCUT2D eigenvalue weighted by atomic mass is 10.2. The quantitative estimate of drug-likeness (QED) is 0.717. The van der Waals surface area contributed by atoms with E-state index in [4.69, 9.17) is 9.26 Å². The first-order valence-corrected chi connectivity index (χ1v) is 4.69. The number of anilines is 1. The highest BCUT2D eigenvalue weighted by Gasteiger charge is 2.22. The van der Waals surface area contributed by atoms with Gasteiger partial charge in [0.2, 0.25) is 0 Å². The lowest BCUT2D eigenvalue weighted by molar-refractivity contribution is 0.0587. The van der Waals surface area contributed by atoms with Gasteiger partial charge in [-0.3, -0.25) is 4.90 Å². The van der Waals surface area contributed by atoms with Crippen LogP contribution in [0, 0.1) is 6.92 Å². The van der Waals surface area contributed by atoms with Crippen LogP contribution in [0.4, 0.5) is 10.6 Å². The number of aromatic nitrogens is 1. The van der Waals surface area contributed by atoms with Gasteiger partial charge in [0.05, 0.1) is 0 Å². The summed E-state index contributed by atoms with van der Waals surface area (Å²) in [4.78, 5) is 12.9. The Morgan fingerprint density at radius 1 is 1.53 bits per heavy atom. The van der Waals surface area contributed by atoms with Gasteiger partial charge in [-0.2, -0.15) is 0 Å². The number of nitrogens with zero attached hydrogens (tertiary/aromatic N) is 2. The maximum Gasteiger partial charge on any atom is 0.415 e. The third-order valence-corrected chi connectivity index (χ3v) is 1.63. The lowest BCUT2D eigenvalue weighted by Gasteiger charge is -2.23. The molecule has 0 atom stereocenters. The van der Waals surface area contributed by atoms with E-state index in [1.165, 1.54) is 4.90 Å². The first kappa shape index (κ1) is 11.6. The molecule has 15 heavy (non-hydrogen) atoms. The minimum atomic E-state index is -0.510. The number of carbonyl (C=O) groups is 1. The van der Waals surface area contributed by atoms with E-state index in [2.05, 4.69) is 5.16 Å². The summed E-state index contributed by atoms with van der Waals surface area (Å²) in [7, 11) is 1.59. The van der Waals surface area contributed by atoms with Gasteiger partial charge in [0.1, 0.15) is 11.4 Å². The van der Waals surface area contributed by atoms with Crippen molar-refractivity contribution in [3.8, 4) is 0 Å². The van der Waals surface area contributed by atoms with Gasteiger partial charge in [-0.25, -0.2) is 4.79 Å². The topological polar surface area (TPSA) is 55.6 Å². The Hall–Kier alpha value is -1.52. The SMILES string of the molecule is Cc1cc(N(C)C(=O)OC(C)(C)C)no1. The molecule has 0 spiro atoms. The third kappa shape index (κ3) is 3.27. The van der Waals surface area contributed by atoms with Crippen LogP contribution in [0.3, 0.4) is 0 Å². The minimum absolute atomic E-state index is 0.446. The second-order valence-corrected chi connectivity index (χ2v) is 4.34. The fourth-order valence-electron chi connectivity index (χ4n) is 0.935. The highest BCUT2D eigenvalue weighted by Crippen LogP contribution is 2.16. The largest absolute Gasteiger partial charge is 0.443 e. The number of rotatable bonds is 1. The molecule has 0 aromatic carbocycles. The van der Waals surface area contributed by atoms with Gasteiger partial charge in [-0.1, -0.05) is 5.16 Å². The van der Waals surface area contributed by atoms with Crippen LogP contribution in [0.1, 0.15) is 26.5 Å². The highest BCUT2D eigenvalue weighted by molar-refractivity contribution is 5.85. The fourth-order valence-corrected chi connectivity index (χ4v) is 0.935. The number of hydrogen-bond donors (Lipinski definition) is 0. The Morgan fingerprint density at radius 3 is 2.53 bits per heavy atom. The molecule has 1 heterocycles. The number of aryl methyl sites for hydroxylation is 1. The van der Waals surface area contributed by atoms with Crippen molar-refractivity contribution < 1.29 is 14.1 Å². The first-order valence-electron chi connectivity index (χ1n) is 4.69. The van der Waals surface area contributed by atoms with E-state index in [1.807, 2.05) is 20.8 Å². The summed E-state index contributed by atoms with van der Waals surface area (Å²) in [6.45, 7) is 7.20. The Labute approximate surface area is 89.0 Å². The number of hydrogen-bond acceptors (Lipinski definition) is 4. The number of carbonyl (C=O) groups excluding carboxylic acids is 1. The van der Waals surface area contributed by atoms with Crippen LogP contribution >= 0.6 is 0 Å². The molecule has 84 valence electrons. The molecule has 0 aliphatic rings. The van der Waals surface area contributed by atoms with Gasteiger partial charge in [0.15, 0.2) is 5.82 Å². The first-order chi connectivity index (χ1) is 6.79. The summed E-state index contributed by atoms with van der Waals surface area (Å²) < 4.78 is 10.0. The fraction of sp³-hybridized carbons (Fsp3) is 0.600. The normalized spacial score (nSPS) is 11.3. The molecule has 0 unspecified atom stereocenters. The molecule has 0 bridgehead atoms. The van der Waals surface area contributed by atoms with E-state index in [1.54, 1.807) is 20.0 Å². The lowest BCUT2D eigenvalue weighted by Crippen LogP contribution is -2.34. The zero-order valence-electron chi connectivity index (χ0n) is 9.70. The van der Waals surface area contributed by atoms with Crippen LogP contribution in [-0.4, -0.2) is 23.9 Å². The van der Waals surface area contributed by atoms with Gasteiger partial charge in [0.25, 0.3) is 0 Å². The maximum atomic E-state index is 11.6. The van der Waals surface area contributed by atoms with Crippen LogP contribution < -0.4 is 4.90 Å². The summed E-state index contributed by atoms with van der Waals surface area (Å²) in [6.07, 6.45) is -0.448. The molecular formula is C10H16N2O3. The summed E-state index contributed by atoms with van der Waals surface area (Å²) in [6, 6.07) is 1.67. The summed E-state index contributed by atoms with van der Waals surface area (Å²) in [5, 5.41) is 3.72. The second-order valence-electron chi connectivity index (χ2n) is 4.34. The monoisotopic (exact) mass is 212 g/mol. The van der Waals surface area contributed by atoms with E-state index in [0.29, 0.717) is 11.6 Å². The van der Waals surface area contributed by atoms with E-state index < -0.39 is 11.7 Å². The van der Waals surface area contributed by atoms with Crippen molar-refractivity contribution in [2.24, 2.45) is 0 Å². The average molecular weight is 212 g/mol. The van der Waals surface area contributed by atoms with Crippen LogP contribution in [-0.2, 0) is 4.74 Å². The van der Waals surface area contributed by atoms with Crippen LogP contribution in [0.15, 0.2) is 10.6 Å². The van der Waals surface area contributed by atoms with E-state index in [-0.39, 0.29) is 0 Å². The van der Waals surface area contributed by atoms with Crippen LogP contribution in [0.25, 0.3) is 0 Å². The summed E-state index contributed by atoms with van der Waals surface area (Å²) in [5.74, 6) is 1.10. The van der Waals surface area contributed by atoms with Crippen molar-refractivity contribution in [2.45, 2.75) is 33.3 Å². The highest BCUT2D eigenvalue weighted by atomic mass is 16.6. The van der Waals surface area contributed by atoms with E-state index in [0.717, 1.165) is 0 Å². The molecule has 0 N–H and O–H groups in total. The summed E-state index contributed by atoms with van der Waals surface area (Å²) in [5.41, 5.74) is -0.510. The Kier molecular flexibility index (Phi) is 3.02. The zero-order valence-corrected chi connectivity index (χ0v) is 9.70. The molecule has 5 nitrogen and oxygen atoms in total. The van der Waals surface area contributed by atoms with Gasteiger partial charge in [-0.05, 0) is 27.7 Å². The van der Waals surface area contributed by atoms with Gasteiger partial charge < -0.3 is 9.26 Å². The molecule has 0 aliphatic carbocycles. The van der Waals surface area contributed by atoms with Gasteiger partial charge in [0, 0.05) is 13.1 Å². The Balaban J connectivity index is 2.69. The molecule has 1 rings (SSSR count). The molecule has 1 aromatic rings. The molecule has 0 radical (unpaired) electrons. The Morgan fingerprint density at radius 2 is 2.13 bits per heavy atom.